The summed E-state index contributed by atoms with van der Waals surface area (Å²) in [6.45, 7) is 2.03. The highest BCUT2D eigenvalue weighted by Gasteiger charge is 2.28. The van der Waals surface area contributed by atoms with Crippen molar-refractivity contribution in [3.8, 4) is 11.5 Å². The average molecular weight is 448 g/mol. The first-order valence-electron chi connectivity index (χ1n) is 10.6. The fourth-order valence-electron chi connectivity index (χ4n) is 3.33. The Bertz CT molecular complexity index is 1080. The lowest BCUT2D eigenvalue weighted by atomic mass is 10.0. The molecule has 0 aliphatic rings. The Morgan fingerprint density at radius 2 is 1.45 bits per heavy atom. The van der Waals surface area contributed by atoms with E-state index in [1.54, 1.807) is 45.6 Å². The Morgan fingerprint density at radius 1 is 0.818 bits per heavy atom. The minimum atomic E-state index is -1.05. The number of carbonyl (C=O) groups is 1. The third-order valence-corrected chi connectivity index (χ3v) is 5.21. The fourth-order valence-corrected chi connectivity index (χ4v) is 3.33. The van der Waals surface area contributed by atoms with E-state index < -0.39 is 5.72 Å². The first-order valence-corrected chi connectivity index (χ1v) is 10.6. The van der Waals surface area contributed by atoms with Gasteiger partial charge < -0.3 is 18.9 Å². The van der Waals surface area contributed by atoms with Crippen molar-refractivity contribution < 1.29 is 23.7 Å². The quantitative estimate of drug-likeness (QED) is 0.246. The van der Waals surface area contributed by atoms with Gasteiger partial charge in [0.1, 0.15) is 6.61 Å². The minimum Gasteiger partial charge on any atom is -0.493 e. The van der Waals surface area contributed by atoms with E-state index in [1.165, 1.54) is 0 Å². The number of nitrogens with zero attached hydrogens (tertiary/aromatic N) is 1. The highest BCUT2D eigenvalue weighted by Crippen LogP contribution is 2.30. The Labute approximate surface area is 194 Å². The van der Waals surface area contributed by atoms with E-state index >= 15 is 0 Å². The van der Waals surface area contributed by atoms with Crippen molar-refractivity contribution in [2.75, 3.05) is 21.3 Å². The predicted octanol–water partition coefficient (Wildman–Crippen LogP) is 5.11. The van der Waals surface area contributed by atoms with E-state index in [-0.39, 0.29) is 18.3 Å². The zero-order valence-corrected chi connectivity index (χ0v) is 19.4. The topological polar surface area (TPSA) is 66.4 Å². The van der Waals surface area contributed by atoms with Gasteiger partial charge in [-0.1, -0.05) is 66.7 Å². The third kappa shape index (κ3) is 6.43. The zero-order chi connectivity index (χ0) is 23.7. The molecule has 33 heavy (non-hydrogen) atoms. The Hall–Kier alpha value is -3.64. The molecule has 0 spiro atoms. The van der Waals surface area contributed by atoms with Crippen LogP contribution in [-0.4, -0.2) is 38.7 Å². The highest BCUT2D eigenvalue weighted by molar-refractivity contribution is 6.43. The third-order valence-electron chi connectivity index (χ3n) is 5.21. The van der Waals surface area contributed by atoms with Crippen LogP contribution in [0.3, 0.4) is 0 Å². The van der Waals surface area contributed by atoms with Crippen molar-refractivity contribution >= 4 is 11.7 Å². The van der Waals surface area contributed by atoms with Gasteiger partial charge in [-0.05, 0) is 30.2 Å². The summed E-state index contributed by atoms with van der Waals surface area (Å²) in [5.74, 6) is 0.936. The maximum Gasteiger partial charge on any atom is 0.261 e. The molecule has 0 amide bonds. The molecule has 0 heterocycles. The highest BCUT2D eigenvalue weighted by atomic mass is 16.5. The SMILES string of the molecule is COc1ccc(CC(C)(N=C(OCc2ccccc2)C(=O)c2ccccc2)OC)cc1OC. The molecule has 3 rings (SSSR count). The zero-order valence-electron chi connectivity index (χ0n) is 19.4. The van der Waals surface area contributed by atoms with Gasteiger partial charge in [-0.2, -0.15) is 0 Å². The summed E-state index contributed by atoms with van der Waals surface area (Å²) >= 11 is 0. The normalized spacial score (nSPS) is 13.2. The lowest BCUT2D eigenvalue weighted by molar-refractivity contribution is 0.0117. The molecular formula is C27H29NO5. The first kappa shape index (κ1) is 24.0. The molecule has 0 aliphatic heterocycles. The number of Topliss-reactive ketones (excluding diaryl/α,β-unsaturated/α-hetero) is 1. The molecule has 0 N–H and O–H groups in total. The van der Waals surface area contributed by atoms with Crippen molar-refractivity contribution in [3.05, 3.63) is 95.6 Å². The summed E-state index contributed by atoms with van der Waals surface area (Å²) in [6.07, 6.45) is 0.393. The Morgan fingerprint density at radius 3 is 2.06 bits per heavy atom. The maximum atomic E-state index is 13.2. The number of hydrogen-bond acceptors (Lipinski definition) is 6. The molecule has 3 aromatic rings. The van der Waals surface area contributed by atoms with Crippen LogP contribution >= 0.6 is 0 Å². The first-order chi connectivity index (χ1) is 16.0. The molecule has 0 radical (unpaired) electrons. The van der Waals surface area contributed by atoms with E-state index in [1.807, 2.05) is 61.5 Å². The van der Waals surface area contributed by atoms with Gasteiger partial charge in [-0.3, -0.25) is 4.79 Å². The molecule has 0 saturated carbocycles. The van der Waals surface area contributed by atoms with Crippen molar-refractivity contribution in [3.63, 3.8) is 0 Å². The van der Waals surface area contributed by atoms with Crippen LogP contribution in [0.15, 0.2) is 83.9 Å². The summed E-state index contributed by atoms with van der Waals surface area (Å²) in [4.78, 5) is 17.9. The molecule has 0 saturated heterocycles. The summed E-state index contributed by atoms with van der Waals surface area (Å²) in [5, 5.41) is 0. The molecule has 3 aromatic carbocycles. The second-order valence-corrected chi connectivity index (χ2v) is 7.63. The Kier molecular flexibility index (Phi) is 8.22. The molecule has 0 fully saturated rings. The summed E-state index contributed by atoms with van der Waals surface area (Å²) < 4.78 is 22.4. The van der Waals surface area contributed by atoms with Crippen molar-refractivity contribution in [1.82, 2.24) is 0 Å². The summed E-state index contributed by atoms with van der Waals surface area (Å²) in [5.41, 5.74) is 1.30. The molecule has 6 nitrogen and oxygen atoms in total. The van der Waals surface area contributed by atoms with Gasteiger partial charge in [0.25, 0.3) is 5.90 Å². The number of ketones is 1. The lowest BCUT2D eigenvalue weighted by Crippen LogP contribution is -2.32. The second kappa shape index (κ2) is 11.3. The van der Waals surface area contributed by atoms with E-state index in [0.717, 1.165) is 11.1 Å². The van der Waals surface area contributed by atoms with Gasteiger partial charge >= 0.3 is 0 Å². The molecule has 0 aliphatic carbocycles. The monoisotopic (exact) mass is 447 g/mol. The average Bonchev–Trinajstić information content (AvgIpc) is 2.87. The molecule has 0 aromatic heterocycles. The van der Waals surface area contributed by atoms with Crippen LogP contribution in [-0.2, 0) is 22.5 Å². The van der Waals surface area contributed by atoms with Crippen LogP contribution in [0.2, 0.25) is 0 Å². The van der Waals surface area contributed by atoms with Crippen LogP contribution in [0.1, 0.15) is 28.4 Å². The predicted molar refractivity (Wildman–Crippen MR) is 128 cm³/mol. The van der Waals surface area contributed by atoms with E-state index in [9.17, 15) is 4.79 Å². The van der Waals surface area contributed by atoms with Crippen LogP contribution in [0, 0.1) is 0 Å². The lowest BCUT2D eigenvalue weighted by Gasteiger charge is -2.25. The number of carbonyl (C=O) groups excluding carboxylic acids is 1. The smallest absolute Gasteiger partial charge is 0.261 e. The Balaban J connectivity index is 1.92. The van der Waals surface area contributed by atoms with Crippen LogP contribution in [0.4, 0.5) is 0 Å². The number of rotatable bonds is 10. The van der Waals surface area contributed by atoms with Gasteiger partial charge in [0, 0.05) is 19.1 Å². The fraction of sp³-hybridized carbons (Fsp3) is 0.259. The van der Waals surface area contributed by atoms with Gasteiger partial charge in [-0.15, -0.1) is 0 Å². The van der Waals surface area contributed by atoms with Crippen molar-refractivity contribution in [2.45, 2.75) is 25.7 Å². The van der Waals surface area contributed by atoms with Gasteiger partial charge in [-0.25, -0.2) is 4.99 Å². The minimum absolute atomic E-state index is 0.00474. The summed E-state index contributed by atoms with van der Waals surface area (Å²) in [7, 11) is 4.74. The molecular weight excluding hydrogens is 418 g/mol. The number of hydrogen-bond donors (Lipinski definition) is 0. The number of benzene rings is 3. The molecule has 6 heteroatoms. The number of aliphatic imine (C=N–C) groups is 1. The largest absolute Gasteiger partial charge is 0.493 e. The van der Waals surface area contributed by atoms with Gasteiger partial charge in [0.2, 0.25) is 5.78 Å². The second-order valence-electron chi connectivity index (χ2n) is 7.63. The van der Waals surface area contributed by atoms with Crippen molar-refractivity contribution in [1.29, 1.82) is 0 Å². The standard InChI is InChI=1S/C27H29NO5/c1-27(32-4,18-21-15-16-23(30-2)24(17-21)31-3)28-26(25(29)22-13-9-6-10-14-22)33-19-20-11-7-5-8-12-20/h5-17H,18-19H2,1-4H3. The summed E-state index contributed by atoms with van der Waals surface area (Å²) in [6, 6.07) is 24.2. The van der Waals surface area contributed by atoms with E-state index in [0.29, 0.717) is 23.5 Å². The number of ether oxygens (including phenoxy) is 4. The molecule has 1 atom stereocenters. The molecule has 1 unspecified atom stereocenters. The van der Waals surface area contributed by atoms with Crippen LogP contribution in [0.5, 0.6) is 11.5 Å². The van der Waals surface area contributed by atoms with E-state index in [4.69, 9.17) is 18.9 Å². The molecule has 0 bridgehead atoms. The molecule has 172 valence electrons. The van der Waals surface area contributed by atoms with Gasteiger partial charge in [0.05, 0.1) is 14.2 Å². The maximum absolute atomic E-state index is 13.2. The number of methoxy groups -OCH3 is 3. The van der Waals surface area contributed by atoms with Crippen LogP contribution in [0.25, 0.3) is 0 Å². The van der Waals surface area contributed by atoms with Crippen molar-refractivity contribution in [2.24, 2.45) is 4.99 Å². The van der Waals surface area contributed by atoms with Crippen LogP contribution < -0.4 is 9.47 Å². The van der Waals surface area contributed by atoms with Gasteiger partial charge in [0.15, 0.2) is 17.2 Å². The van der Waals surface area contributed by atoms with E-state index in [2.05, 4.69) is 4.99 Å².